The second-order valence-corrected chi connectivity index (χ2v) is 3.14. The molecule has 0 aromatic heterocycles. The molecule has 0 bridgehead atoms. The zero-order chi connectivity index (χ0) is 9.52. The number of rotatable bonds is 5. The highest BCUT2D eigenvalue weighted by atomic mass is 16.5. The van der Waals surface area contributed by atoms with Crippen molar-refractivity contribution >= 4 is 0 Å². The fraction of sp³-hybridized carbons (Fsp3) is 0.333. The van der Waals surface area contributed by atoms with E-state index in [-0.39, 0.29) is 0 Å². The molecule has 1 atom stereocenters. The molecule has 0 saturated heterocycles. The van der Waals surface area contributed by atoms with Crippen molar-refractivity contribution in [2.24, 2.45) is 5.92 Å². The SMILES string of the molecule is C=C[C@H](COC)Cc1ccccc1. The van der Waals surface area contributed by atoms with E-state index in [9.17, 15) is 0 Å². The Morgan fingerprint density at radius 2 is 2.08 bits per heavy atom. The first-order valence-electron chi connectivity index (χ1n) is 4.52. The molecule has 0 aliphatic heterocycles. The summed E-state index contributed by atoms with van der Waals surface area (Å²) < 4.78 is 5.10. The average Bonchev–Trinajstić information content (AvgIpc) is 2.19. The van der Waals surface area contributed by atoms with Gasteiger partial charge in [-0.1, -0.05) is 36.4 Å². The van der Waals surface area contributed by atoms with Gasteiger partial charge in [0.15, 0.2) is 0 Å². The van der Waals surface area contributed by atoms with Crippen molar-refractivity contribution in [2.75, 3.05) is 13.7 Å². The van der Waals surface area contributed by atoms with Crippen LogP contribution in [0.2, 0.25) is 0 Å². The highest BCUT2D eigenvalue weighted by Gasteiger charge is 2.03. The summed E-state index contributed by atoms with van der Waals surface area (Å²) in [4.78, 5) is 0. The number of ether oxygens (including phenoxy) is 1. The maximum atomic E-state index is 5.10. The third-order valence-corrected chi connectivity index (χ3v) is 2.05. The van der Waals surface area contributed by atoms with E-state index in [0.29, 0.717) is 5.92 Å². The van der Waals surface area contributed by atoms with Crippen LogP contribution in [0.25, 0.3) is 0 Å². The van der Waals surface area contributed by atoms with E-state index in [1.54, 1.807) is 7.11 Å². The summed E-state index contributed by atoms with van der Waals surface area (Å²) in [5.41, 5.74) is 1.34. The first-order chi connectivity index (χ1) is 6.36. The Labute approximate surface area is 80.0 Å². The summed E-state index contributed by atoms with van der Waals surface area (Å²) in [7, 11) is 1.72. The lowest BCUT2D eigenvalue weighted by Crippen LogP contribution is -2.08. The van der Waals surface area contributed by atoms with Crippen LogP contribution < -0.4 is 0 Å². The Hall–Kier alpha value is -1.08. The van der Waals surface area contributed by atoms with Gasteiger partial charge in [0.25, 0.3) is 0 Å². The molecule has 0 unspecified atom stereocenters. The summed E-state index contributed by atoms with van der Waals surface area (Å²) in [6.07, 6.45) is 2.97. The highest BCUT2D eigenvalue weighted by Crippen LogP contribution is 2.09. The lowest BCUT2D eigenvalue weighted by molar-refractivity contribution is 0.170. The molecule has 1 aromatic carbocycles. The van der Waals surface area contributed by atoms with Crippen LogP contribution in [0.3, 0.4) is 0 Å². The largest absolute Gasteiger partial charge is 0.384 e. The first kappa shape index (κ1) is 10.0. The van der Waals surface area contributed by atoms with E-state index in [0.717, 1.165) is 13.0 Å². The number of benzene rings is 1. The third kappa shape index (κ3) is 3.43. The maximum Gasteiger partial charge on any atom is 0.0528 e. The molecule has 0 N–H and O–H groups in total. The Kier molecular flexibility index (Phi) is 4.27. The van der Waals surface area contributed by atoms with Crippen LogP contribution in [0.4, 0.5) is 0 Å². The quantitative estimate of drug-likeness (QED) is 0.627. The van der Waals surface area contributed by atoms with Gasteiger partial charge in [0.05, 0.1) is 6.61 Å². The molecule has 1 nitrogen and oxygen atoms in total. The molecule has 0 aliphatic rings. The van der Waals surface area contributed by atoms with Crippen molar-refractivity contribution in [1.82, 2.24) is 0 Å². The fourth-order valence-corrected chi connectivity index (χ4v) is 1.34. The molecular weight excluding hydrogens is 160 g/mol. The molecule has 13 heavy (non-hydrogen) atoms. The average molecular weight is 176 g/mol. The molecule has 1 rings (SSSR count). The zero-order valence-electron chi connectivity index (χ0n) is 8.07. The van der Waals surface area contributed by atoms with E-state index in [1.165, 1.54) is 5.56 Å². The number of hydrogen-bond donors (Lipinski definition) is 0. The molecule has 0 amide bonds. The third-order valence-electron chi connectivity index (χ3n) is 2.05. The van der Waals surface area contributed by atoms with Crippen molar-refractivity contribution < 1.29 is 4.74 Å². The standard InChI is InChI=1S/C12H16O/c1-3-11(10-13-2)9-12-7-5-4-6-8-12/h3-8,11H,1,9-10H2,2H3/t11-/m0/s1. The van der Waals surface area contributed by atoms with Crippen LogP contribution in [-0.4, -0.2) is 13.7 Å². The van der Waals surface area contributed by atoms with E-state index in [4.69, 9.17) is 4.74 Å². The predicted molar refractivity (Wildman–Crippen MR) is 55.7 cm³/mol. The van der Waals surface area contributed by atoms with Gasteiger partial charge in [0.2, 0.25) is 0 Å². The monoisotopic (exact) mass is 176 g/mol. The summed E-state index contributed by atoms with van der Waals surface area (Å²) in [5.74, 6) is 0.424. The summed E-state index contributed by atoms with van der Waals surface area (Å²) in [6.45, 7) is 4.54. The smallest absolute Gasteiger partial charge is 0.0528 e. The van der Waals surface area contributed by atoms with Crippen LogP contribution in [0, 0.1) is 5.92 Å². The maximum absolute atomic E-state index is 5.10. The number of hydrogen-bond acceptors (Lipinski definition) is 1. The van der Waals surface area contributed by atoms with Gasteiger partial charge >= 0.3 is 0 Å². The van der Waals surface area contributed by atoms with Crippen LogP contribution in [0.15, 0.2) is 43.0 Å². The van der Waals surface area contributed by atoms with Crippen LogP contribution in [-0.2, 0) is 11.2 Å². The Morgan fingerprint density at radius 1 is 1.38 bits per heavy atom. The van der Waals surface area contributed by atoms with Crippen molar-refractivity contribution in [2.45, 2.75) is 6.42 Å². The Balaban J connectivity index is 2.51. The molecule has 0 aliphatic carbocycles. The van der Waals surface area contributed by atoms with E-state index < -0.39 is 0 Å². The second-order valence-electron chi connectivity index (χ2n) is 3.14. The molecular formula is C12H16O. The van der Waals surface area contributed by atoms with Gasteiger partial charge in [-0.15, -0.1) is 6.58 Å². The normalized spacial score (nSPS) is 12.4. The van der Waals surface area contributed by atoms with Crippen LogP contribution >= 0.6 is 0 Å². The van der Waals surface area contributed by atoms with Gasteiger partial charge in [-0.05, 0) is 12.0 Å². The second kappa shape index (κ2) is 5.55. The minimum Gasteiger partial charge on any atom is -0.384 e. The summed E-state index contributed by atoms with van der Waals surface area (Å²) >= 11 is 0. The van der Waals surface area contributed by atoms with Gasteiger partial charge in [-0.3, -0.25) is 0 Å². The molecule has 0 saturated carbocycles. The zero-order valence-corrected chi connectivity index (χ0v) is 8.07. The number of methoxy groups -OCH3 is 1. The van der Waals surface area contributed by atoms with E-state index in [1.807, 2.05) is 12.1 Å². The molecule has 70 valence electrons. The van der Waals surface area contributed by atoms with Gasteiger partial charge in [-0.25, -0.2) is 0 Å². The predicted octanol–water partition coefficient (Wildman–Crippen LogP) is 2.68. The van der Waals surface area contributed by atoms with Crippen molar-refractivity contribution in [3.63, 3.8) is 0 Å². The molecule has 0 spiro atoms. The molecule has 0 heterocycles. The van der Waals surface area contributed by atoms with Crippen molar-refractivity contribution in [3.05, 3.63) is 48.6 Å². The van der Waals surface area contributed by atoms with Crippen molar-refractivity contribution in [3.8, 4) is 0 Å². The van der Waals surface area contributed by atoms with Gasteiger partial charge in [0.1, 0.15) is 0 Å². The highest BCUT2D eigenvalue weighted by molar-refractivity contribution is 5.16. The topological polar surface area (TPSA) is 9.23 Å². The molecule has 0 radical (unpaired) electrons. The lowest BCUT2D eigenvalue weighted by atomic mass is 10.0. The minimum absolute atomic E-state index is 0.424. The lowest BCUT2D eigenvalue weighted by Gasteiger charge is -2.10. The molecule has 1 heteroatoms. The summed E-state index contributed by atoms with van der Waals surface area (Å²) in [5, 5.41) is 0. The van der Waals surface area contributed by atoms with E-state index >= 15 is 0 Å². The van der Waals surface area contributed by atoms with Crippen LogP contribution in [0.1, 0.15) is 5.56 Å². The Bertz CT molecular complexity index is 241. The summed E-state index contributed by atoms with van der Waals surface area (Å²) in [6, 6.07) is 10.4. The molecule has 0 fully saturated rings. The van der Waals surface area contributed by atoms with E-state index in [2.05, 4.69) is 30.8 Å². The first-order valence-corrected chi connectivity index (χ1v) is 4.52. The van der Waals surface area contributed by atoms with Crippen molar-refractivity contribution in [1.29, 1.82) is 0 Å². The fourth-order valence-electron chi connectivity index (χ4n) is 1.34. The van der Waals surface area contributed by atoms with Gasteiger partial charge in [-0.2, -0.15) is 0 Å². The van der Waals surface area contributed by atoms with Gasteiger partial charge in [0, 0.05) is 13.0 Å². The van der Waals surface area contributed by atoms with Crippen LogP contribution in [0.5, 0.6) is 0 Å². The molecule has 1 aromatic rings. The van der Waals surface area contributed by atoms with Gasteiger partial charge < -0.3 is 4.74 Å². The minimum atomic E-state index is 0.424. The Morgan fingerprint density at radius 3 is 2.62 bits per heavy atom.